The smallest absolute Gasteiger partial charge is 0.280 e. The number of piperazine rings is 1. The third kappa shape index (κ3) is 5.04. The molecule has 2 N–H and O–H groups in total. The fraction of sp³-hybridized carbons (Fsp3) is 0.714. The number of sulfonamides is 1. The number of aromatic nitrogens is 3. The molecule has 4 heterocycles. The van der Waals surface area contributed by atoms with Crippen LogP contribution >= 0.6 is 0 Å². The van der Waals surface area contributed by atoms with Crippen molar-refractivity contribution in [3.8, 4) is 0 Å². The number of hydrogen-bond donors (Lipinski definition) is 2. The molecule has 14 heteroatoms. The van der Waals surface area contributed by atoms with Gasteiger partial charge in [0.25, 0.3) is 10.2 Å². The van der Waals surface area contributed by atoms with Gasteiger partial charge in [0.15, 0.2) is 0 Å². The Bertz CT molecular complexity index is 1260. The fourth-order valence-corrected chi connectivity index (χ4v) is 8.31. The van der Waals surface area contributed by atoms with Crippen LogP contribution in [0.15, 0.2) is 18.6 Å². The predicted molar refractivity (Wildman–Crippen MR) is 132 cm³/mol. The second-order valence-corrected chi connectivity index (χ2v) is 13.4. The maximum Gasteiger partial charge on any atom is 0.280 e. The number of rotatable bonds is 10. The summed E-state index contributed by atoms with van der Waals surface area (Å²) in [5.74, 6) is 0.948. The Morgan fingerprint density at radius 1 is 1.20 bits per heavy atom. The zero-order valence-electron chi connectivity index (χ0n) is 19.9. The SMILES string of the molecule is COCCS(=O)(=O)N1CCC(CCNS(=O)(=O)N2CCN(c3ncnc4[nH]ccc34)CC23CC3)C1. The lowest BCUT2D eigenvalue weighted by molar-refractivity contribution is 0.215. The molecule has 0 amide bonds. The van der Waals surface area contributed by atoms with Gasteiger partial charge in [-0.05, 0) is 37.7 Å². The van der Waals surface area contributed by atoms with Crippen LogP contribution in [0.5, 0.6) is 0 Å². The van der Waals surface area contributed by atoms with Crippen molar-refractivity contribution in [2.45, 2.75) is 31.2 Å². The summed E-state index contributed by atoms with van der Waals surface area (Å²) < 4.78 is 61.9. The lowest BCUT2D eigenvalue weighted by Gasteiger charge is -2.41. The van der Waals surface area contributed by atoms with E-state index in [2.05, 4.69) is 24.6 Å². The minimum absolute atomic E-state index is 0.0263. The van der Waals surface area contributed by atoms with Crippen LogP contribution in [0.3, 0.4) is 0 Å². The molecule has 35 heavy (non-hydrogen) atoms. The molecule has 1 aliphatic carbocycles. The quantitative estimate of drug-likeness (QED) is 0.444. The van der Waals surface area contributed by atoms with Crippen molar-refractivity contribution in [1.82, 2.24) is 28.3 Å². The normalized spacial score (nSPS) is 23.5. The monoisotopic (exact) mass is 527 g/mol. The number of anilines is 1. The first-order valence-electron chi connectivity index (χ1n) is 12.0. The summed E-state index contributed by atoms with van der Waals surface area (Å²) in [7, 11) is -5.48. The van der Waals surface area contributed by atoms with Gasteiger partial charge in [-0.3, -0.25) is 0 Å². The highest BCUT2D eigenvalue weighted by Gasteiger charge is 2.56. The average Bonchev–Trinajstić information content (AvgIpc) is 3.23. The lowest BCUT2D eigenvalue weighted by atomic mass is 10.1. The number of H-pyrrole nitrogens is 1. The van der Waals surface area contributed by atoms with Crippen LogP contribution in [-0.2, 0) is 25.0 Å². The number of fused-ring (bicyclic) bond motifs is 1. The molecule has 3 aliphatic rings. The molecule has 2 saturated heterocycles. The average molecular weight is 528 g/mol. The van der Waals surface area contributed by atoms with Crippen molar-refractivity contribution in [2.24, 2.45) is 5.92 Å². The summed E-state index contributed by atoms with van der Waals surface area (Å²) >= 11 is 0. The van der Waals surface area contributed by atoms with Gasteiger partial charge in [0.1, 0.15) is 17.8 Å². The molecule has 1 saturated carbocycles. The molecular weight excluding hydrogens is 494 g/mol. The van der Waals surface area contributed by atoms with E-state index in [0.29, 0.717) is 45.7 Å². The molecule has 12 nitrogen and oxygen atoms in total. The Hall–Kier alpha value is -1.84. The van der Waals surface area contributed by atoms with E-state index >= 15 is 0 Å². The molecule has 0 bridgehead atoms. The van der Waals surface area contributed by atoms with Crippen LogP contribution in [-0.4, -0.2) is 105 Å². The van der Waals surface area contributed by atoms with Gasteiger partial charge in [0, 0.05) is 52.6 Å². The van der Waals surface area contributed by atoms with E-state index < -0.39 is 25.8 Å². The molecule has 1 atom stereocenters. The standard InChI is InChI=1S/C21H33N7O5S2/c1-33-12-13-34(29,30)27-9-4-17(14-27)2-8-25-35(31,32)28-11-10-26(15-21(28)5-6-21)20-18-3-7-22-19(18)23-16-24-20/h3,7,16-17,25H,2,4-6,8-15H2,1H3,(H,22,23,24). The zero-order valence-corrected chi connectivity index (χ0v) is 21.5. The van der Waals surface area contributed by atoms with Crippen molar-refractivity contribution in [2.75, 3.05) is 63.6 Å². The third-order valence-electron chi connectivity index (χ3n) is 7.36. The molecule has 3 fully saturated rings. The maximum absolute atomic E-state index is 13.2. The second-order valence-electron chi connectivity index (χ2n) is 9.66. The van der Waals surface area contributed by atoms with Crippen LogP contribution in [0.1, 0.15) is 25.7 Å². The second kappa shape index (κ2) is 9.56. The number of nitrogens with zero attached hydrogens (tertiary/aromatic N) is 5. The summed E-state index contributed by atoms with van der Waals surface area (Å²) in [6.45, 7) is 2.92. The highest BCUT2D eigenvalue weighted by molar-refractivity contribution is 7.89. The molecule has 194 valence electrons. The van der Waals surface area contributed by atoms with E-state index in [4.69, 9.17) is 4.74 Å². The first kappa shape index (κ1) is 24.8. The summed E-state index contributed by atoms with van der Waals surface area (Å²) in [6.07, 6.45) is 6.35. The largest absolute Gasteiger partial charge is 0.384 e. The molecular formula is C21H33N7O5S2. The van der Waals surface area contributed by atoms with E-state index in [1.807, 2.05) is 12.3 Å². The number of nitrogens with one attached hydrogen (secondary N) is 2. The first-order valence-corrected chi connectivity index (χ1v) is 15.1. The van der Waals surface area contributed by atoms with Gasteiger partial charge < -0.3 is 14.6 Å². The summed E-state index contributed by atoms with van der Waals surface area (Å²) in [6, 6.07) is 1.95. The van der Waals surface area contributed by atoms with Crippen LogP contribution in [0.4, 0.5) is 5.82 Å². The number of hydrogen-bond acceptors (Lipinski definition) is 8. The summed E-state index contributed by atoms with van der Waals surface area (Å²) in [4.78, 5) is 14.0. The number of aromatic amines is 1. The molecule has 1 spiro atoms. The van der Waals surface area contributed by atoms with Gasteiger partial charge in [0.05, 0.1) is 23.3 Å². The Labute approximate surface area is 206 Å². The van der Waals surface area contributed by atoms with Gasteiger partial charge >= 0.3 is 0 Å². The lowest BCUT2D eigenvalue weighted by Crippen LogP contribution is -2.59. The molecule has 2 aliphatic heterocycles. The Balaban J connectivity index is 1.16. The molecule has 2 aromatic heterocycles. The van der Waals surface area contributed by atoms with Gasteiger partial charge in [0.2, 0.25) is 10.0 Å². The Kier molecular flexibility index (Phi) is 6.78. The Morgan fingerprint density at radius 3 is 2.80 bits per heavy atom. The maximum atomic E-state index is 13.2. The van der Waals surface area contributed by atoms with Gasteiger partial charge in [-0.15, -0.1) is 0 Å². The van der Waals surface area contributed by atoms with Crippen LogP contribution in [0, 0.1) is 5.92 Å². The van der Waals surface area contributed by atoms with Crippen molar-refractivity contribution < 1.29 is 21.6 Å². The van der Waals surface area contributed by atoms with Gasteiger partial charge in [-0.2, -0.15) is 12.7 Å². The number of ether oxygens (including phenoxy) is 1. The summed E-state index contributed by atoms with van der Waals surface area (Å²) in [5, 5.41) is 0.938. The van der Waals surface area contributed by atoms with Crippen molar-refractivity contribution in [3.05, 3.63) is 18.6 Å². The van der Waals surface area contributed by atoms with E-state index in [9.17, 15) is 16.8 Å². The molecule has 0 radical (unpaired) electrons. The first-order chi connectivity index (χ1) is 16.7. The van der Waals surface area contributed by atoms with Gasteiger partial charge in [-0.1, -0.05) is 0 Å². The van der Waals surface area contributed by atoms with Crippen molar-refractivity contribution in [3.63, 3.8) is 0 Å². The summed E-state index contributed by atoms with van der Waals surface area (Å²) in [5.41, 5.74) is 0.366. The van der Waals surface area contributed by atoms with E-state index in [0.717, 1.165) is 36.1 Å². The topological polar surface area (TPSA) is 141 Å². The highest BCUT2D eigenvalue weighted by Crippen LogP contribution is 2.46. The Morgan fingerprint density at radius 2 is 2.03 bits per heavy atom. The molecule has 2 aromatic rings. The predicted octanol–water partition coefficient (Wildman–Crippen LogP) is 0.135. The fourth-order valence-electron chi connectivity index (χ4n) is 5.25. The van der Waals surface area contributed by atoms with Gasteiger partial charge in [-0.25, -0.2) is 27.4 Å². The van der Waals surface area contributed by atoms with Crippen molar-refractivity contribution >= 4 is 37.1 Å². The minimum Gasteiger partial charge on any atom is -0.384 e. The van der Waals surface area contributed by atoms with Crippen LogP contribution < -0.4 is 9.62 Å². The van der Waals surface area contributed by atoms with Crippen LogP contribution in [0.2, 0.25) is 0 Å². The highest BCUT2D eigenvalue weighted by atomic mass is 32.2. The third-order valence-corrected chi connectivity index (χ3v) is 10.9. The molecule has 0 aromatic carbocycles. The van der Waals surface area contributed by atoms with E-state index in [-0.39, 0.29) is 18.3 Å². The van der Waals surface area contributed by atoms with Crippen molar-refractivity contribution in [1.29, 1.82) is 0 Å². The molecule has 1 unspecified atom stereocenters. The minimum atomic E-state index is -3.64. The van der Waals surface area contributed by atoms with E-state index in [1.54, 1.807) is 4.31 Å². The molecule has 5 rings (SSSR count). The zero-order chi connectivity index (χ0) is 24.7. The van der Waals surface area contributed by atoms with Crippen LogP contribution in [0.25, 0.3) is 11.0 Å². The number of methoxy groups -OCH3 is 1. The van der Waals surface area contributed by atoms with E-state index in [1.165, 1.54) is 17.7 Å².